The fraction of sp³-hybridized carbons (Fsp3) is 0.333. The van der Waals surface area contributed by atoms with E-state index >= 15 is 0 Å². The number of aromatic nitrogens is 2. The van der Waals surface area contributed by atoms with E-state index in [2.05, 4.69) is 5.10 Å². The van der Waals surface area contributed by atoms with Crippen LogP contribution >= 0.6 is 11.6 Å². The number of carbonyl (C=O) groups excluding carboxylic acids is 1. The summed E-state index contributed by atoms with van der Waals surface area (Å²) in [6.07, 6.45) is 0. The lowest BCUT2D eigenvalue weighted by Gasteiger charge is -2.19. The topological polar surface area (TPSA) is 47.4 Å². The predicted molar refractivity (Wildman–Crippen MR) is 83.4 cm³/mol. The number of hydrogen-bond acceptors (Lipinski definition) is 4. The zero-order valence-corrected chi connectivity index (χ0v) is 13.3. The number of anilines is 2. The number of aryl methyl sites for hydroxylation is 2. The molecule has 0 saturated heterocycles. The molecule has 0 spiro atoms. The average molecular weight is 308 g/mol. The average Bonchev–Trinajstić information content (AvgIpc) is 2.74. The lowest BCUT2D eigenvalue weighted by atomic mass is 10.2. The Hall–Kier alpha value is -2.01. The fourth-order valence-electron chi connectivity index (χ4n) is 2.07. The minimum atomic E-state index is -0.512. The molecule has 0 saturated carbocycles. The minimum Gasteiger partial charge on any atom is -0.461 e. The summed E-state index contributed by atoms with van der Waals surface area (Å²) in [7, 11) is 3.62. The van der Waals surface area contributed by atoms with E-state index in [1.165, 1.54) is 5.56 Å². The van der Waals surface area contributed by atoms with E-state index in [0.717, 1.165) is 5.69 Å². The summed E-state index contributed by atoms with van der Waals surface area (Å²) in [6, 6.07) is 8.01. The second kappa shape index (κ2) is 6.18. The fourth-order valence-corrected chi connectivity index (χ4v) is 2.44. The largest absolute Gasteiger partial charge is 0.461 e. The molecule has 0 N–H and O–H groups in total. The Morgan fingerprint density at radius 2 is 2.00 bits per heavy atom. The van der Waals surface area contributed by atoms with Gasteiger partial charge in [0.05, 0.1) is 6.61 Å². The molecular formula is C15H18ClN3O2. The monoisotopic (exact) mass is 307 g/mol. The molecule has 0 amide bonds. The molecule has 0 radical (unpaired) electrons. The Kier molecular flexibility index (Phi) is 4.53. The van der Waals surface area contributed by atoms with E-state index in [4.69, 9.17) is 16.3 Å². The molecule has 0 atom stereocenters. The molecule has 0 bridgehead atoms. The highest BCUT2D eigenvalue weighted by Crippen LogP contribution is 2.33. The maximum Gasteiger partial charge on any atom is 0.360 e. The van der Waals surface area contributed by atoms with Crippen molar-refractivity contribution in [2.45, 2.75) is 13.8 Å². The highest BCUT2D eigenvalue weighted by Gasteiger charge is 2.24. The van der Waals surface area contributed by atoms with Crippen molar-refractivity contribution in [1.29, 1.82) is 0 Å². The summed E-state index contributed by atoms with van der Waals surface area (Å²) >= 11 is 6.31. The van der Waals surface area contributed by atoms with Gasteiger partial charge < -0.3 is 9.64 Å². The summed E-state index contributed by atoms with van der Waals surface area (Å²) in [6.45, 7) is 4.06. The number of carbonyl (C=O) groups is 1. The molecule has 112 valence electrons. The van der Waals surface area contributed by atoms with Gasteiger partial charge in [-0.05, 0) is 26.0 Å². The van der Waals surface area contributed by atoms with Crippen LogP contribution in [0.3, 0.4) is 0 Å². The van der Waals surface area contributed by atoms with Gasteiger partial charge in [-0.2, -0.15) is 5.10 Å². The first-order valence-electron chi connectivity index (χ1n) is 6.65. The molecule has 0 aliphatic heterocycles. The van der Waals surface area contributed by atoms with Crippen molar-refractivity contribution in [2.24, 2.45) is 7.05 Å². The molecule has 0 aliphatic carbocycles. The number of halogens is 1. The number of hydrogen-bond donors (Lipinski definition) is 0. The molecule has 0 unspecified atom stereocenters. The Bertz CT molecular complexity index is 650. The van der Waals surface area contributed by atoms with Crippen LogP contribution in [0.1, 0.15) is 23.0 Å². The van der Waals surface area contributed by atoms with E-state index in [-0.39, 0.29) is 12.3 Å². The van der Waals surface area contributed by atoms with Gasteiger partial charge in [0.15, 0.2) is 11.5 Å². The second-order valence-corrected chi connectivity index (χ2v) is 5.10. The highest BCUT2D eigenvalue weighted by molar-refractivity contribution is 6.35. The molecule has 2 aromatic rings. The normalized spacial score (nSPS) is 10.5. The molecule has 0 aliphatic rings. The van der Waals surface area contributed by atoms with Gasteiger partial charge in [-0.25, -0.2) is 4.79 Å². The van der Waals surface area contributed by atoms with Gasteiger partial charge in [-0.1, -0.05) is 29.3 Å². The van der Waals surface area contributed by atoms with E-state index < -0.39 is 5.97 Å². The van der Waals surface area contributed by atoms with Gasteiger partial charge in [0.1, 0.15) is 5.02 Å². The van der Waals surface area contributed by atoms with E-state index in [0.29, 0.717) is 10.8 Å². The van der Waals surface area contributed by atoms with Crippen molar-refractivity contribution in [1.82, 2.24) is 9.78 Å². The minimum absolute atomic E-state index is 0.134. The van der Waals surface area contributed by atoms with Crippen molar-refractivity contribution in [2.75, 3.05) is 18.6 Å². The quantitative estimate of drug-likeness (QED) is 0.813. The SMILES string of the molecule is CCOC(=O)c1nn(C)c(N(C)c2ccc(C)cc2)c1Cl. The van der Waals surface area contributed by atoms with E-state index in [1.54, 1.807) is 18.7 Å². The van der Waals surface area contributed by atoms with E-state index in [9.17, 15) is 4.79 Å². The summed E-state index contributed by atoms with van der Waals surface area (Å²) in [5, 5.41) is 4.45. The summed E-state index contributed by atoms with van der Waals surface area (Å²) < 4.78 is 6.54. The van der Waals surface area contributed by atoms with Crippen molar-refractivity contribution in [3.63, 3.8) is 0 Å². The van der Waals surface area contributed by atoms with Gasteiger partial charge in [0, 0.05) is 19.8 Å². The Balaban J connectivity index is 2.40. The van der Waals surface area contributed by atoms with Gasteiger partial charge in [0.2, 0.25) is 0 Å². The Morgan fingerprint density at radius 1 is 1.38 bits per heavy atom. The van der Waals surface area contributed by atoms with Crippen molar-refractivity contribution in [3.05, 3.63) is 40.5 Å². The third kappa shape index (κ3) is 3.03. The van der Waals surface area contributed by atoms with Crippen LogP contribution in [-0.4, -0.2) is 29.4 Å². The van der Waals surface area contributed by atoms with Crippen LogP contribution in [-0.2, 0) is 11.8 Å². The first kappa shape index (κ1) is 15.4. The summed E-state index contributed by atoms with van der Waals surface area (Å²) in [4.78, 5) is 13.7. The van der Waals surface area contributed by atoms with Crippen molar-refractivity contribution >= 4 is 29.1 Å². The zero-order chi connectivity index (χ0) is 15.6. The number of benzene rings is 1. The van der Waals surface area contributed by atoms with Crippen LogP contribution in [0.15, 0.2) is 24.3 Å². The van der Waals surface area contributed by atoms with Gasteiger partial charge in [-0.3, -0.25) is 4.68 Å². The summed E-state index contributed by atoms with van der Waals surface area (Å²) in [5.41, 5.74) is 2.27. The van der Waals surface area contributed by atoms with Crippen LogP contribution < -0.4 is 4.90 Å². The molecule has 5 nitrogen and oxygen atoms in total. The summed E-state index contributed by atoms with van der Waals surface area (Å²) in [5.74, 6) is 0.130. The first-order valence-corrected chi connectivity index (χ1v) is 7.03. The second-order valence-electron chi connectivity index (χ2n) is 4.72. The first-order chi connectivity index (χ1) is 9.95. The number of ether oxygens (including phenoxy) is 1. The highest BCUT2D eigenvalue weighted by atomic mass is 35.5. The van der Waals surface area contributed by atoms with E-state index in [1.807, 2.05) is 43.1 Å². The van der Waals surface area contributed by atoms with Crippen molar-refractivity contribution in [3.8, 4) is 0 Å². The molecular weight excluding hydrogens is 290 g/mol. The lowest BCUT2D eigenvalue weighted by molar-refractivity contribution is 0.0519. The molecule has 1 aromatic heterocycles. The molecule has 6 heteroatoms. The maximum absolute atomic E-state index is 11.8. The van der Waals surface area contributed by atoms with Gasteiger partial charge >= 0.3 is 5.97 Å². The molecule has 0 fully saturated rings. The molecule has 2 rings (SSSR count). The smallest absolute Gasteiger partial charge is 0.360 e. The van der Waals surface area contributed by atoms with Gasteiger partial charge in [-0.15, -0.1) is 0 Å². The molecule has 21 heavy (non-hydrogen) atoms. The number of esters is 1. The molecule has 1 heterocycles. The van der Waals surface area contributed by atoms with Gasteiger partial charge in [0.25, 0.3) is 0 Å². The van der Waals surface area contributed by atoms with Crippen LogP contribution in [0, 0.1) is 6.92 Å². The Morgan fingerprint density at radius 3 is 2.57 bits per heavy atom. The third-order valence-electron chi connectivity index (χ3n) is 3.17. The standard InChI is InChI=1S/C15H18ClN3O2/c1-5-21-15(20)13-12(16)14(19(4)17-13)18(3)11-8-6-10(2)7-9-11/h6-9H,5H2,1-4H3. The molecule has 1 aromatic carbocycles. The number of nitrogens with zero attached hydrogens (tertiary/aromatic N) is 3. The Labute approximate surface area is 129 Å². The third-order valence-corrected chi connectivity index (χ3v) is 3.52. The van der Waals surface area contributed by atoms with Crippen LogP contribution in [0.5, 0.6) is 0 Å². The van der Waals surface area contributed by atoms with Crippen LogP contribution in [0.25, 0.3) is 0 Å². The maximum atomic E-state index is 11.8. The van der Waals surface area contributed by atoms with Crippen LogP contribution in [0.4, 0.5) is 11.5 Å². The zero-order valence-electron chi connectivity index (χ0n) is 12.6. The number of rotatable bonds is 4. The predicted octanol–water partition coefficient (Wildman–Crippen LogP) is 3.33. The lowest BCUT2D eigenvalue weighted by Crippen LogP contribution is -2.13. The van der Waals surface area contributed by atoms with Crippen LogP contribution in [0.2, 0.25) is 5.02 Å². The van der Waals surface area contributed by atoms with Crippen molar-refractivity contribution < 1.29 is 9.53 Å².